The predicted octanol–water partition coefficient (Wildman–Crippen LogP) is 3.70. The van der Waals surface area contributed by atoms with Gasteiger partial charge in [0.15, 0.2) is 0 Å². The van der Waals surface area contributed by atoms with Gasteiger partial charge in [-0.3, -0.25) is 14.9 Å². The summed E-state index contributed by atoms with van der Waals surface area (Å²) in [4.78, 5) is 25.0. The molecule has 2 aromatic carbocycles. The maximum absolute atomic E-state index is 13.0. The Hall–Kier alpha value is -2.77. The molecule has 7 nitrogen and oxygen atoms in total. The van der Waals surface area contributed by atoms with Gasteiger partial charge >= 0.3 is 0 Å². The predicted molar refractivity (Wildman–Crippen MR) is 96.2 cm³/mol. The van der Waals surface area contributed by atoms with Crippen molar-refractivity contribution in [2.24, 2.45) is 0 Å². The summed E-state index contributed by atoms with van der Waals surface area (Å²) < 4.78 is 10.8. The second-order valence-electron chi connectivity index (χ2n) is 6.02. The lowest BCUT2D eigenvalue weighted by Gasteiger charge is -2.24. The molecule has 136 valence electrons. The van der Waals surface area contributed by atoms with Crippen LogP contribution in [0.1, 0.15) is 34.9 Å². The van der Waals surface area contributed by atoms with Crippen LogP contribution < -0.4 is 4.90 Å². The average Bonchev–Trinajstić information content (AvgIpc) is 2.85. The van der Waals surface area contributed by atoms with Gasteiger partial charge in [-0.2, -0.15) is 0 Å². The van der Waals surface area contributed by atoms with E-state index in [1.165, 1.54) is 24.3 Å². The fraction of sp³-hybridized carbons (Fsp3) is 0.316. The number of hydrogen-bond acceptors (Lipinski definition) is 5. The van der Waals surface area contributed by atoms with Crippen LogP contribution in [0.25, 0.3) is 0 Å². The van der Waals surface area contributed by atoms with Gasteiger partial charge in [0, 0.05) is 42.6 Å². The van der Waals surface area contributed by atoms with Crippen molar-refractivity contribution in [2.45, 2.75) is 18.9 Å². The summed E-state index contributed by atoms with van der Waals surface area (Å²) in [5, 5.41) is 10.8. The van der Waals surface area contributed by atoms with E-state index in [0.717, 1.165) is 24.1 Å². The zero-order chi connectivity index (χ0) is 18.5. The molecule has 2 aromatic rings. The van der Waals surface area contributed by atoms with Crippen molar-refractivity contribution in [1.82, 2.24) is 0 Å². The van der Waals surface area contributed by atoms with Gasteiger partial charge in [-0.15, -0.1) is 0 Å². The van der Waals surface area contributed by atoms with E-state index in [1.807, 2.05) is 24.3 Å². The molecule has 1 aliphatic rings. The van der Waals surface area contributed by atoms with Crippen molar-refractivity contribution >= 4 is 17.3 Å². The highest BCUT2D eigenvalue weighted by Gasteiger charge is 2.27. The summed E-state index contributed by atoms with van der Waals surface area (Å²) in [6.45, 7) is 0.745. The second-order valence-corrected chi connectivity index (χ2v) is 6.02. The highest BCUT2D eigenvalue weighted by molar-refractivity contribution is 6.06. The van der Waals surface area contributed by atoms with Crippen LogP contribution in [0, 0.1) is 10.1 Å². The van der Waals surface area contributed by atoms with Crippen molar-refractivity contribution in [1.29, 1.82) is 0 Å². The van der Waals surface area contributed by atoms with Crippen LogP contribution in [0.2, 0.25) is 0 Å². The van der Waals surface area contributed by atoms with E-state index in [4.69, 9.17) is 9.47 Å². The highest BCUT2D eigenvalue weighted by Crippen LogP contribution is 2.35. The van der Waals surface area contributed by atoms with Gasteiger partial charge in [0.05, 0.1) is 11.0 Å². The van der Waals surface area contributed by atoms with Gasteiger partial charge in [-0.25, -0.2) is 0 Å². The van der Waals surface area contributed by atoms with Gasteiger partial charge in [0.25, 0.3) is 11.6 Å². The van der Waals surface area contributed by atoms with Crippen molar-refractivity contribution in [2.75, 3.05) is 25.3 Å². The molecule has 1 unspecified atom stereocenters. The van der Waals surface area contributed by atoms with E-state index >= 15 is 0 Å². The van der Waals surface area contributed by atoms with Crippen LogP contribution in [-0.2, 0) is 9.47 Å². The molecule has 1 aliphatic heterocycles. The Kier molecular flexibility index (Phi) is 5.60. The van der Waals surface area contributed by atoms with Crippen molar-refractivity contribution in [3.63, 3.8) is 0 Å². The number of rotatable bonds is 5. The normalized spacial score (nSPS) is 16.7. The molecule has 1 amide bonds. The number of fused-ring (bicyclic) bond motifs is 1. The summed E-state index contributed by atoms with van der Waals surface area (Å²) >= 11 is 0. The Morgan fingerprint density at radius 3 is 2.65 bits per heavy atom. The standard InChI is InChI=1S/C19H20N2O5/c1-25-13-26-18-7-4-12-20(17-6-3-2-5-16(17)18)19(22)14-8-10-15(11-9-14)21(23)24/h2-3,5-6,8-11,18H,4,7,12-13H2,1H3. The number of methoxy groups -OCH3 is 1. The van der Waals surface area contributed by atoms with Gasteiger partial charge in [-0.05, 0) is 31.0 Å². The van der Waals surface area contributed by atoms with E-state index in [9.17, 15) is 14.9 Å². The van der Waals surface area contributed by atoms with Gasteiger partial charge in [-0.1, -0.05) is 18.2 Å². The van der Waals surface area contributed by atoms with Crippen molar-refractivity contribution < 1.29 is 19.2 Å². The molecule has 0 radical (unpaired) electrons. The Balaban J connectivity index is 1.90. The average molecular weight is 356 g/mol. The molecule has 0 saturated carbocycles. The molecule has 7 heteroatoms. The summed E-state index contributed by atoms with van der Waals surface area (Å²) in [5.74, 6) is -0.181. The van der Waals surface area contributed by atoms with E-state index in [0.29, 0.717) is 12.1 Å². The third-order valence-corrected chi connectivity index (χ3v) is 4.38. The molecule has 0 aliphatic carbocycles. The third-order valence-electron chi connectivity index (χ3n) is 4.38. The molecule has 1 atom stereocenters. The van der Waals surface area contributed by atoms with Gasteiger partial charge in [0.1, 0.15) is 6.79 Å². The SMILES string of the molecule is COCOC1CCCN(C(=O)c2ccc([N+](=O)[O-])cc2)c2ccccc21. The first kappa shape index (κ1) is 18.0. The number of amides is 1. The van der Waals surface area contributed by atoms with Crippen LogP contribution in [0.3, 0.4) is 0 Å². The smallest absolute Gasteiger partial charge is 0.269 e. The van der Waals surface area contributed by atoms with E-state index < -0.39 is 4.92 Å². The van der Waals surface area contributed by atoms with Crippen LogP contribution in [-0.4, -0.2) is 31.3 Å². The molecule has 0 saturated heterocycles. The highest BCUT2D eigenvalue weighted by atomic mass is 16.7. The number of nitro benzene ring substituents is 1. The van der Waals surface area contributed by atoms with Crippen LogP contribution in [0.15, 0.2) is 48.5 Å². The molecule has 0 aromatic heterocycles. The number of hydrogen-bond donors (Lipinski definition) is 0. The van der Waals surface area contributed by atoms with E-state index in [1.54, 1.807) is 12.0 Å². The fourth-order valence-electron chi connectivity index (χ4n) is 3.13. The molecule has 0 spiro atoms. The minimum absolute atomic E-state index is 0.0363. The van der Waals surface area contributed by atoms with Crippen molar-refractivity contribution in [3.8, 4) is 0 Å². The monoisotopic (exact) mass is 356 g/mol. The number of ether oxygens (including phenoxy) is 2. The summed E-state index contributed by atoms with van der Waals surface area (Å²) in [5.41, 5.74) is 2.12. The minimum Gasteiger partial charge on any atom is -0.359 e. The third kappa shape index (κ3) is 3.74. The quantitative estimate of drug-likeness (QED) is 0.463. The summed E-state index contributed by atoms with van der Waals surface area (Å²) in [6.07, 6.45) is 1.42. The lowest BCUT2D eigenvalue weighted by atomic mass is 10.0. The maximum atomic E-state index is 13.0. The zero-order valence-corrected chi connectivity index (χ0v) is 14.5. The number of nitrogens with zero attached hydrogens (tertiary/aromatic N) is 2. The number of non-ortho nitro benzene ring substituents is 1. The Morgan fingerprint density at radius 2 is 1.96 bits per heavy atom. The van der Waals surface area contributed by atoms with E-state index in [2.05, 4.69) is 0 Å². The fourth-order valence-corrected chi connectivity index (χ4v) is 3.13. The Labute approximate surface area is 151 Å². The Bertz CT molecular complexity index is 791. The molecule has 0 N–H and O–H groups in total. The van der Waals surface area contributed by atoms with Crippen LogP contribution >= 0.6 is 0 Å². The first-order valence-electron chi connectivity index (χ1n) is 8.37. The Morgan fingerprint density at radius 1 is 1.23 bits per heavy atom. The van der Waals surface area contributed by atoms with Gasteiger partial charge in [0.2, 0.25) is 0 Å². The first-order chi connectivity index (χ1) is 12.6. The summed E-state index contributed by atoms with van der Waals surface area (Å²) in [7, 11) is 1.58. The lowest BCUT2D eigenvalue weighted by Crippen LogP contribution is -2.31. The number of para-hydroxylation sites is 1. The lowest BCUT2D eigenvalue weighted by molar-refractivity contribution is -0.384. The molecular weight excluding hydrogens is 336 g/mol. The topological polar surface area (TPSA) is 81.9 Å². The largest absolute Gasteiger partial charge is 0.359 e. The molecular formula is C19H20N2O5. The second kappa shape index (κ2) is 8.07. The van der Waals surface area contributed by atoms with Crippen LogP contribution in [0.4, 0.5) is 11.4 Å². The number of nitro groups is 1. The summed E-state index contributed by atoms with van der Waals surface area (Å²) in [6, 6.07) is 13.3. The molecule has 0 bridgehead atoms. The molecule has 0 fully saturated rings. The van der Waals surface area contributed by atoms with Gasteiger partial charge < -0.3 is 14.4 Å². The van der Waals surface area contributed by atoms with Crippen molar-refractivity contribution in [3.05, 3.63) is 69.8 Å². The first-order valence-corrected chi connectivity index (χ1v) is 8.37. The zero-order valence-electron chi connectivity index (χ0n) is 14.5. The number of carbonyl (C=O) groups is 1. The number of anilines is 1. The number of carbonyl (C=O) groups excluding carboxylic acids is 1. The molecule has 3 rings (SSSR count). The molecule has 26 heavy (non-hydrogen) atoms. The number of benzene rings is 2. The maximum Gasteiger partial charge on any atom is 0.269 e. The minimum atomic E-state index is -0.479. The van der Waals surface area contributed by atoms with Crippen LogP contribution in [0.5, 0.6) is 0 Å². The molecule has 1 heterocycles. The van der Waals surface area contributed by atoms with E-state index in [-0.39, 0.29) is 24.5 Å².